The third-order valence-corrected chi connectivity index (χ3v) is 3.31. The van der Waals surface area contributed by atoms with Gasteiger partial charge in [0.2, 0.25) is 0 Å². The number of carbonyl (C=O) groups is 1. The fourth-order valence-corrected chi connectivity index (χ4v) is 2.53. The number of carbonyl (C=O) groups excluding carboxylic acids is 1. The van der Waals surface area contributed by atoms with Gasteiger partial charge >= 0.3 is 11.9 Å². The minimum atomic E-state index is -4.02. The molecule has 1 N–H and O–H groups in total. The van der Waals surface area contributed by atoms with Crippen LogP contribution in [-0.4, -0.2) is 23.6 Å². The van der Waals surface area contributed by atoms with Crippen LogP contribution in [-0.2, 0) is 15.1 Å². The summed E-state index contributed by atoms with van der Waals surface area (Å²) >= 11 is 0. The quantitative estimate of drug-likeness (QED) is 0.865. The second kappa shape index (κ2) is 5.48. The first-order valence-electron chi connectivity index (χ1n) is 6.41. The maximum Gasteiger partial charge on any atom is 0.380 e. The zero-order valence-electron chi connectivity index (χ0n) is 12.4. The summed E-state index contributed by atoms with van der Waals surface area (Å²) in [6.07, 6.45) is 0. The van der Waals surface area contributed by atoms with Crippen molar-refractivity contribution in [3.63, 3.8) is 0 Å². The number of halogens is 2. The molecule has 1 atom stereocenters. The molecule has 0 saturated heterocycles. The lowest BCUT2D eigenvalue weighted by Crippen LogP contribution is -2.50. The average molecular weight is 286 g/mol. The van der Waals surface area contributed by atoms with E-state index in [0.717, 1.165) is 12.5 Å². The van der Waals surface area contributed by atoms with Gasteiger partial charge in [0.1, 0.15) is 0 Å². The molecule has 0 bridgehead atoms. The molecule has 1 aromatic rings. The van der Waals surface area contributed by atoms with Crippen molar-refractivity contribution in [1.29, 1.82) is 0 Å². The molecule has 1 aromatic carbocycles. The van der Waals surface area contributed by atoms with E-state index in [4.69, 9.17) is 0 Å². The molecule has 0 aromatic heterocycles. The van der Waals surface area contributed by atoms with Crippen LogP contribution >= 0.6 is 0 Å². The Morgan fingerprint density at radius 3 is 2.10 bits per heavy atom. The zero-order chi connectivity index (χ0) is 15.7. The van der Waals surface area contributed by atoms with Crippen molar-refractivity contribution >= 4 is 5.97 Å². The Kier molecular flexibility index (Phi) is 4.54. The maximum absolute atomic E-state index is 14.2. The summed E-state index contributed by atoms with van der Waals surface area (Å²) in [5.74, 6) is -5.74. The molecule has 112 valence electrons. The molecular weight excluding hydrogens is 266 g/mol. The van der Waals surface area contributed by atoms with Gasteiger partial charge < -0.3 is 9.84 Å². The molecule has 0 aliphatic carbocycles. The largest absolute Gasteiger partial charge is 0.461 e. The van der Waals surface area contributed by atoms with E-state index >= 15 is 0 Å². The van der Waals surface area contributed by atoms with Crippen molar-refractivity contribution in [2.75, 3.05) is 6.61 Å². The number of rotatable bonds is 4. The van der Waals surface area contributed by atoms with E-state index in [2.05, 4.69) is 4.74 Å². The summed E-state index contributed by atoms with van der Waals surface area (Å²) in [5.41, 5.74) is -0.644. The summed E-state index contributed by atoms with van der Waals surface area (Å²) in [6.45, 7) is 7.30. The molecule has 3 nitrogen and oxygen atoms in total. The van der Waals surface area contributed by atoms with Crippen molar-refractivity contribution < 1.29 is 23.4 Å². The van der Waals surface area contributed by atoms with Crippen LogP contribution in [0.25, 0.3) is 0 Å². The van der Waals surface area contributed by atoms with Crippen molar-refractivity contribution in [2.45, 2.75) is 46.1 Å². The molecule has 1 unspecified atom stereocenters. The molecule has 0 aliphatic rings. The Hall–Kier alpha value is -1.49. The minimum Gasteiger partial charge on any atom is -0.461 e. The molecule has 20 heavy (non-hydrogen) atoms. The van der Waals surface area contributed by atoms with Gasteiger partial charge in [-0.25, -0.2) is 4.79 Å². The first-order chi connectivity index (χ1) is 9.05. The number of benzene rings is 1. The normalized spacial score (nSPS) is 14.8. The number of ether oxygens (including phenoxy) is 1. The molecule has 1 rings (SSSR count). The van der Waals surface area contributed by atoms with E-state index in [1.165, 1.54) is 6.92 Å². The average Bonchev–Trinajstić information content (AvgIpc) is 2.26. The van der Waals surface area contributed by atoms with Gasteiger partial charge in [-0.1, -0.05) is 17.7 Å². The number of aryl methyl sites for hydroxylation is 3. The first kappa shape index (κ1) is 16.6. The van der Waals surface area contributed by atoms with E-state index in [0.29, 0.717) is 11.1 Å². The highest BCUT2D eigenvalue weighted by Crippen LogP contribution is 2.41. The second-order valence-electron chi connectivity index (χ2n) is 5.14. The molecule has 0 fully saturated rings. The van der Waals surface area contributed by atoms with Crippen molar-refractivity contribution in [2.24, 2.45) is 0 Å². The van der Waals surface area contributed by atoms with Crippen molar-refractivity contribution in [1.82, 2.24) is 0 Å². The maximum atomic E-state index is 14.2. The standard InChI is InChI=1S/C15H20F2O3/c1-6-20-13(18)15(16,17)14(5,19)12-10(3)7-9(2)8-11(12)4/h7-8,19H,6H2,1-5H3. The third-order valence-electron chi connectivity index (χ3n) is 3.31. The number of hydrogen-bond donors (Lipinski definition) is 1. The Bertz CT molecular complexity index is 499. The van der Waals surface area contributed by atoms with Crippen LogP contribution in [0.4, 0.5) is 8.78 Å². The van der Waals surface area contributed by atoms with Crippen LogP contribution < -0.4 is 0 Å². The number of hydrogen-bond acceptors (Lipinski definition) is 3. The van der Waals surface area contributed by atoms with E-state index < -0.39 is 17.5 Å². The van der Waals surface area contributed by atoms with E-state index in [-0.39, 0.29) is 12.2 Å². The van der Waals surface area contributed by atoms with Crippen LogP contribution in [0.15, 0.2) is 12.1 Å². The Morgan fingerprint density at radius 2 is 1.70 bits per heavy atom. The van der Waals surface area contributed by atoms with Gasteiger partial charge in [-0.05, 0) is 51.3 Å². The van der Waals surface area contributed by atoms with Gasteiger partial charge in [0.15, 0.2) is 5.60 Å². The molecule has 0 spiro atoms. The molecular formula is C15H20F2O3. The lowest BCUT2D eigenvalue weighted by atomic mass is 9.82. The molecule has 5 heteroatoms. The zero-order valence-corrected chi connectivity index (χ0v) is 12.4. The van der Waals surface area contributed by atoms with Gasteiger partial charge in [0, 0.05) is 0 Å². The summed E-state index contributed by atoms with van der Waals surface area (Å²) in [7, 11) is 0. The van der Waals surface area contributed by atoms with Gasteiger partial charge in [-0.3, -0.25) is 0 Å². The second-order valence-corrected chi connectivity index (χ2v) is 5.14. The highest BCUT2D eigenvalue weighted by molar-refractivity contribution is 5.80. The van der Waals surface area contributed by atoms with Crippen molar-refractivity contribution in [3.05, 3.63) is 34.4 Å². The highest BCUT2D eigenvalue weighted by Gasteiger charge is 2.58. The topological polar surface area (TPSA) is 46.5 Å². The fourth-order valence-electron chi connectivity index (χ4n) is 2.53. The van der Waals surface area contributed by atoms with Gasteiger partial charge in [-0.15, -0.1) is 0 Å². The minimum absolute atomic E-state index is 0.0566. The van der Waals surface area contributed by atoms with Crippen LogP contribution in [0.1, 0.15) is 36.1 Å². The number of alkyl halides is 2. The predicted octanol–water partition coefficient (Wildman–Crippen LogP) is 3.02. The van der Waals surface area contributed by atoms with Crippen LogP contribution in [0, 0.1) is 20.8 Å². The SMILES string of the molecule is CCOC(=O)C(F)(F)C(C)(O)c1c(C)cc(C)cc1C. The summed E-state index contributed by atoms with van der Waals surface area (Å²) in [5, 5.41) is 10.3. The molecule has 0 saturated carbocycles. The Morgan fingerprint density at radius 1 is 1.25 bits per heavy atom. The molecule has 0 radical (unpaired) electrons. The molecule has 0 heterocycles. The number of aliphatic hydroxyl groups is 1. The lowest BCUT2D eigenvalue weighted by Gasteiger charge is -2.33. The smallest absolute Gasteiger partial charge is 0.380 e. The van der Waals surface area contributed by atoms with Gasteiger partial charge in [0.25, 0.3) is 0 Å². The number of esters is 1. The third kappa shape index (κ3) is 2.68. The Balaban J connectivity index is 3.39. The fraction of sp³-hybridized carbons (Fsp3) is 0.533. The van der Waals surface area contributed by atoms with Gasteiger partial charge in [0.05, 0.1) is 6.61 Å². The van der Waals surface area contributed by atoms with E-state index in [9.17, 15) is 18.7 Å². The van der Waals surface area contributed by atoms with Crippen LogP contribution in [0.2, 0.25) is 0 Å². The Labute approximate surface area is 117 Å². The lowest BCUT2D eigenvalue weighted by molar-refractivity contribution is -0.212. The van der Waals surface area contributed by atoms with E-state index in [1.807, 2.05) is 6.92 Å². The van der Waals surface area contributed by atoms with Crippen molar-refractivity contribution in [3.8, 4) is 0 Å². The molecule has 0 aliphatic heterocycles. The first-order valence-corrected chi connectivity index (χ1v) is 6.41. The highest BCUT2D eigenvalue weighted by atomic mass is 19.3. The van der Waals surface area contributed by atoms with Crippen LogP contribution in [0.3, 0.4) is 0 Å². The summed E-state index contributed by atoms with van der Waals surface area (Å²) < 4.78 is 32.8. The summed E-state index contributed by atoms with van der Waals surface area (Å²) in [6, 6.07) is 3.38. The van der Waals surface area contributed by atoms with E-state index in [1.54, 1.807) is 26.0 Å². The predicted molar refractivity (Wildman–Crippen MR) is 71.8 cm³/mol. The van der Waals surface area contributed by atoms with Gasteiger partial charge in [-0.2, -0.15) is 8.78 Å². The monoisotopic (exact) mass is 286 g/mol. The van der Waals surface area contributed by atoms with Crippen LogP contribution in [0.5, 0.6) is 0 Å². The summed E-state index contributed by atoms with van der Waals surface area (Å²) in [4.78, 5) is 11.4. The molecule has 0 amide bonds.